The van der Waals surface area contributed by atoms with Gasteiger partial charge in [0, 0.05) is 19.3 Å². The zero-order valence-electron chi connectivity index (χ0n) is 55.3. The molecule has 82 heavy (non-hydrogen) atoms. The molecule has 0 aliphatic carbocycles. The number of carbonyl (C=O) groups excluding carboxylic acids is 3. The summed E-state index contributed by atoms with van der Waals surface area (Å²) >= 11 is 0. The van der Waals surface area contributed by atoms with Crippen LogP contribution in [0.4, 0.5) is 0 Å². The Morgan fingerprint density at radius 3 is 0.671 bits per heavy atom. The summed E-state index contributed by atoms with van der Waals surface area (Å²) in [5.41, 5.74) is 0. The second kappa shape index (κ2) is 70.9. The van der Waals surface area contributed by atoms with E-state index in [1.165, 1.54) is 289 Å². The molecule has 0 aromatic rings. The Morgan fingerprint density at radius 1 is 0.244 bits per heavy atom. The average molecular weight is 1150 g/mol. The van der Waals surface area contributed by atoms with Crippen molar-refractivity contribution in [3.8, 4) is 0 Å². The summed E-state index contributed by atoms with van der Waals surface area (Å²) in [6.45, 7) is 6.65. The lowest BCUT2D eigenvalue weighted by atomic mass is 10.0. The van der Waals surface area contributed by atoms with Crippen LogP contribution in [0.2, 0.25) is 0 Å². The number of allylic oxidation sites excluding steroid dienone is 8. The van der Waals surface area contributed by atoms with Crippen LogP contribution in [0.1, 0.15) is 400 Å². The number of unbranched alkanes of at least 4 members (excludes halogenated alkanes) is 49. The molecule has 6 nitrogen and oxygen atoms in total. The van der Waals surface area contributed by atoms with E-state index in [-0.39, 0.29) is 31.1 Å². The zero-order chi connectivity index (χ0) is 59.2. The van der Waals surface area contributed by atoms with Crippen molar-refractivity contribution < 1.29 is 28.6 Å². The van der Waals surface area contributed by atoms with Gasteiger partial charge in [-0.05, 0) is 83.5 Å². The summed E-state index contributed by atoms with van der Waals surface area (Å²) in [6.07, 6.45) is 90.3. The quantitative estimate of drug-likeness (QED) is 0.0261. The fraction of sp³-hybridized carbons (Fsp3) is 0.855. The molecule has 0 spiro atoms. The predicted molar refractivity (Wildman–Crippen MR) is 358 cm³/mol. The summed E-state index contributed by atoms with van der Waals surface area (Å²) < 4.78 is 16.9. The van der Waals surface area contributed by atoms with E-state index in [2.05, 4.69) is 69.4 Å². The molecular formula is C76H140O6. The van der Waals surface area contributed by atoms with Crippen LogP contribution in [0.15, 0.2) is 48.6 Å². The highest BCUT2D eigenvalue weighted by Gasteiger charge is 2.19. The Labute approximate surface area is 511 Å². The van der Waals surface area contributed by atoms with Crippen LogP contribution in [0.3, 0.4) is 0 Å². The molecule has 0 amide bonds. The Hall–Kier alpha value is -2.63. The number of hydrogen-bond acceptors (Lipinski definition) is 6. The van der Waals surface area contributed by atoms with Gasteiger partial charge in [0.15, 0.2) is 6.10 Å². The third kappa shape index (κ3) is 68.2. The lowest BCUT2D eigenvalue weighted by Crippen LogP contribution is -2.30. The molecule has 0 saturated heterocycles. The normalized spacial score (nSPS) is 12.3. The summed E-state index contributed by atoms with van der Waals surface area (Å²) in [6, 6.07) is 0. The summed E-state index contributed by atoms with van der Waals surface area (Å²) in [4.78, 5) is 38.3. The first-order chi connectivity index (χ1) is 40.5. The highest BCUT2D eigenvalue weighted by atomic mass is 16.6. The molecule has 0 aromatic heterocycles. The minimum absolute atomic E-state index is 0.0678. The first-order valence-electron chi connectivity index (χ1n) is 36.6. The van der Waals surface area contributed by atoms with E-state index in [0.29, 0.717) is 19.3 Å². The van der Waals surface area contributed by atoms with Gasteiger partial charge in [-0.25, -0.2) is 0 Å². The van der Waals surface area contributed by atoms with Gasteiger partial charge in [0.1, 0.15) is 13.2 Å². The van der Waals surface area contributed by atoms with Crippen LogP contribution in [0, 0.1) is 0 Å². The van der Waals surface area contributed by atoms with Gasteiger partial charge in [0.2, 0.25) is 0 Å². The van der Waals surface area contributed by atoms with Gasteiger partial charge in [-0.2, -0.15) is 0 Å². The molecule has 0 rings (SSSR count). The van der Waals surface area contributed by atoms with Crippen molar-refractivity contribution in [3.63, 3.8) is 0 Å². The predicted octanol–water partition coefficient (Wildman–Crippen LogP) is 25.3. The van der Waals surface area contributed by atoms with Crippen molar-refractivity contribution in [2.24, 2.45) is 0 Å². The van der Waals surface area contributed by atoms with Gasteiger partial charge in [-0.3, -0.25) is 14.4 Å². The van der Waals surface area contributed by atoms with Gasteiger partial charge in [0.05, 0.1) is 0 Å². The molecule has 0 aliphatic heterocycles. The van der Waals surface area contributed by atoms with E-state index in [1.54, 1.807) is 0 Å². The first kappa shape index (κ1) is 79.4. The van der Waals surface area contributed by atoms with Gasteiger partial charge < -0.3 is 14.2 Å². The third-order valence-electron chi connectivity index (χ3n) is 16.6. The second-order valence-electron chi connectivity index (χ2n) is 24.9. The summed E-state index contributed by atoms with van der Waals surface area (Å²) in [5, 5.41) is 0. The fourth-order valence-corrected chi connectivity index (χ4v) is 11.0. The molecule has 0 saturated carbocycles. The number of rotatable bonds is 68. The van der Waals surface area contributed by atoms with Crippen molar-refractivity contribution in [1.29, 1.82) is 0 Å². The fourth-order valence-electron chi connectivity index (χ4n) is 11.0. The summed E-state index contributed by atoms with van der Waals surface area (Å²) in [5.74, 6) is -0.847. The largest absolute Gasteiger partial charge is 0.462 e. The molecular weight excluding hydrogens is 1010 g/mol. The second-order valence-corrected chi connectivity index (χ2v) is 24.9. The minimum Gasteiger partial charge on any atom is -0.462 e. The minimum atomic E-state index is -0.770. The number of ether oxygens (including phenoxy) is 3. The van der Waals surface area contributed by atoms with Gasteiger partial charge in [-0.1, -0.05) is 345 Å². The molecule has 0 bridgehead atoms. The standard InChI is InChI=1S/C76H140O6/c1-4-7-10-13-16-19-21-23-25-27-29-31-33-35-36-37-38-39-40-42-43-45-47-49-51-53-55-57-60-63-66-69-75(78)81-72-73(71-80-74(77)68-65-62-59-18-15-12-9-6-3)82-76(79)70-67-64-61-58-56-54-52-50-48-46-44-41-34-32-30-28-26-24-22-20-17-14-11-8-5-2/h21-24,27-30,73H,4-20,25-26,31-72H2,1-3H3/b23-21-,24-22-,29-27-,30-28-. The topological polar surface area (TPSA) is 78.9 Å². The number of hydrogen-bond donors (Lipinski definition) is 0. The van der Waals surface area contributed by atoms with E-state index in [4.69, 9.17) is 14.2 Å². The van der Waals surface area contributed by atoms with E-state index < -0.39 is 6.10 Å². The molecule has 480 valence electrons. The lowest BCUT2D eigenvalue weighted by molar-refractivity contribution is -0.167. The Morgan fingerprint density at radius 2 is 0.439 bits per heavy atom. The maximum atomic E-state index is 12.9. The molecule has 0 radical (unpaired) electrons. The SMILES string of the molecule is CCCCCCC/C=C\C/C=C\CCCCCCCCCCCCCCCCCCCCCC(=O)OCC(COC(=O)CCCCCCCCCC)OC(=O)CCCCCCCCCCCCCCC/C=C\C/C=C\CCCCCCC. The van der Waals surface area contributed by atoms with Crippen LogP contribution in [0.25, 0.3) is 0 Å². The maximum Gasteiger partial charge on any atom is 0.306 e. The molecule has 0 fully saturated rings. The van der Waals surface area contributed by atoms with E-state index in [1.807, 2.05) is 0 Å². The average Bonchev–Trinajstić information content (AvgIpc) is 3.47. The van der Waals surface area contributed by atoms with E-state index in [0.717, 1.165) is 70.6 Å². The van der Waals surface area contributed by atoms with Crippen LogP contribution < -0.4 is 0 Å². The molecule has 0 N–H and O–H groups in total. The highest BCUT2D eigenvalue weighted by molar-refractivity contribution is 5.71. The molecule has 0 heterocycles. The monoisotopic (exact) mass is 1150 g/mol. The Balaban J connectivity index is 4.04. The third-order valence-corrected chi connectivity index (χ3v) is 16.6. The Kier molecular flexibility index (Phi) is 68.6. The van der Waals surface area contributed by atoms with Crippen LogP contribution in [-0.4, -0.2) is 37.2 Å². The van der Waals surface area contributed by atoms with Crippen molar-refractivity contribution in [2.45, 2.75) is 406 Å². The van der Waals surface area contributed by atoms with Gasteiger partial charge >= 0.3 is 17.9 Å². The van der Waals surface area contributed by atoms with E-state index >= 15 is 0 Å². The van der Waals surface area contributed by atoms with Gasteiger partial charge in [-0.15, -0.1) is 0 Å². The zero-order valence-corrected chi connectivity index (χ0v) is 55.3. The Bertz CT molecular complexity index is 1410. The molecule has 1 atom stereocenters. The number of esters is 3. The molecule has 0 aromatic carbocycles. The smallest absolute Gasteiger partial charge is 0.306 e. The molecule has 1 unspecified atom stereocenters. The summed E-state index contributed by atoms with van der Waals surface area (Å²) in [7, 11) is 0. The van der Waals surface area contributed by atoms with Crippen LogP contribution >= 0.6 is 0 Å². The van der Waals surface area contributed by atoms with Crippen molar-refractivity contribution in [2.75, 3.05) is 13.2 Å². The molecule has 0 aliphatic rings. The lowest BCUT2D eigenvalue weighted by Gasteiger charge is -2.18. The van der Waals surface area contributed by atoms with Gasteiger partial charge in [0.25, 0.3) is 0 Å². The van der Waals surface area contributed by atoms with Crippen molar-refractivity contribution in [1.82, 2.24) is 0 Å². The van der Waals surface area contributed by atoms with Crippen molar-refractivity contribution in [3.05, 3.63) is 48.6 Å². The van der Waals surface area contributed by atoms with Crippen molar-refractivity contribution >= 4 is 17.9 Å². The maximum absolute atomic E-state index is 12.9. The van der Waals surface area contributed by atoms with E-state index in [9.17, 15) is 14.4 Å². The number of carbonyl (C=O) groups is 3. The first-order valence-corrected chi connectivity index (χ1v) is 36.6. The van der Waals surface area contributed by atoms with Crippen LogP contribution in [-0.2, 0) is 28.6 Å². The molecule has 6 heteroatoms. The van der Waals surface area contributed by atoms with Crippen LogP contribution in [0.5, 0.6) is 0 Å². The highest BCUT2D eigenvalue weighted by Crippen LogP contribution is 2.18.